The zero-order valence-electron chi connectivity index (χ0n) is 25.6. The molecular weight excluding hydrogens is 512 g/mol. The molecule has 1 saturated heterocycles. The van der Waals surface area contributed by atoms with Gasteiger partial charge in [0, 0.05) is 44.5 Å². The Balaban J connectivity index is 1.04. The molecule has 224 valence electrons. The van der Waals surface area contributed by atoms with Gasteiger partial charge >= 0.3 is 0 Å². The Kier molecular flexibility index (Phi) is 7.80. The topological polar surface area (TPSA) is 86.6 Å². The fourth-order valence-electron chi connectivity index (χ4n) is 10.4. The molecule has 9 atom stereocenters. The number of carbonyl (C=O) groups is 2. The molecular formula is C34H50N4O3. The van der Waals surface area contributed by atoms with Crippen molar-refractivity contribution in [3.8, 4) is 0 Å². The van der Waals surface area contributed by atoms with E-state index in [0.29, 0.717) is 54.4 Å². The van der Waals surface area contributed by atoms with Gasteiger partial charge in [-0.15, -0.1) is 0 Å². The number of piperazine rings is 1. The number of amides is 2. The molecule has 0 aromatic carbocycles. The van der Waals surface area contributed by atoms with E-state index < -0.39 is 0 Å². The zero-order valence-corrected chi connectivity index (χ0v) is 25.6. The maximum Gasteiger partial charge on any atom is 0.274 e. The first-order chi connectivity index (χ1) is 19.6. The Hall–Kier alpha value is -2.28. The van der Waals surface area contributed by atoms with Crippen molar-refractivity contribution in [2.24, 2.45) is 40.4 Å². The summed E-state index contributed by atoms with van der Waals surface area (Å²) in [6.45, 7) is 11.2. The molecule has 3 saturated carbocycles. The summed E-state index contributed by atoms with van der Waals surface area (Å²) in [6, 6.07) is 0.00217. The van der Waals surface area contributed by atoms with Crippen LogP contribution in [-0.4, -0.2) is 68.5 Å². The second-order valence-electron chi connectivity index (χ2n) is 14.7. The van der Waals surface area contributed by atoms with Gasteiger partial charge in [-0.3, -0.25) is 14.6 Å². The summed E-state index contributed by atoms with van der Waals surface area (Å²) in [6.07, 6.45) is 18.0. The number of aliphatic hydroxyl groups is 1. The molecule has 5 aliphatic rings. The fourth-order valence-corrected chi connectivity index (χ4v) is 10.4. The van der Waals surface area contributed by atoms with Crippen molar-refractivity contribution in [2.45, 2.75) is 104 Å². The van der Waals surface area contributed by atoms with Gasteiger partial charge in [0.1, 0.15) is 5.69 Å². The fraction of sp³-hybridized carbons (Fsp3) is 0.765. The number of fused-ring (bicyclic) bond motifs is 5. The summed E-state index contributed by atoms with van der Waals surface area (Å²) >= 11 is 0. The van der Waals surface area contributed by atoms with Crippen LogP contribution in [0, 0.1) is 40.4 Å². The third-order valence-electron chi connectivity index (χ3n) is 12.7. The minimum Gasteiger partial charge on any atom is -0.393 e. The Bertz CT molecular complexity index is 1170. The minimum absolute atomic E-state index is 0.00217. The number of carbonyl (C=O) groups excluding carboxylic acids is 2. The van der Waals surface area contributed by atoms with Crippen molar-refractivity contribution in [2.75, 3.05) is 19.6 Å². The summed E-state index contributed by atoms with van der Waals surface area (Å²) in [4.78, 5) is 38.2. The lowest BCUT2D eigenvalue weighted by Gasteiger charge is -2.58. The van der Waals surface area contributed by atoms with Crippen molar-refractivity contribution in [1.29, 1.82) is 0 Å². The lowest BCUT2D eigenvalue weighted by atomic mass is 9.47. The summed E-state index contributed by atoms with van der Waals surface area (Å²) in [5, 5.41) is 10.3. The maximum absolute atomic E-state index is 13.4. The summed E-state index contributed by atoms with van der Waals surface area (Å²) < 4.78 is 0. The Morgan fingerprint density at radius 3 is 2.68 bits per heavy atom. The van der Waals surface area contributed by atoms with Crippen molar-refractivity contribution in [3.05, 3.63) is 35.9 Å². The Morgan fingerprint density at radius 1 is 1.10 bits per heavy atom. The highest BCUT2D eigenvalue weighted by Gasteiger charge is 2.59. The van der Waals surface area contributed by atoms with Gasteiger partial charge in [0.2, 0.25) is 5.91 Å². The quantitative estimate of drug-likeness (QED) is 0.479. The van der Waals surface area contributed by atoms with Gasteiger partial charge in [0.25, 0.3) is 5.91 Å². The molecule has 1 aliphatic heterocycles. The number of nitrogens with zero attached hydrogens (tertiary/aromatic N) is 4. The third kappa shape index (κ3) is 5.04. The van der Waals surface area contributed by atoms with E-state index in [1.165, 1.54) is 38.3 Å². The highest BCUT2D eigenvalue weighted by atomic mass is 16.3. The molecule has 4 aliphatic carbocycles. The number of aromatic nitrogens is 2. The average Bonchev–Trinajstić information content (AvgIpc) is 3.33. The van der Waals surface area contributed by atoms with Gasteiger partial charge in [0.15, 0.2) is 0 Å². The van der Waals surface area contributed by atoms with Crippen molar-refractivity contribution in [1.82, 2.24) is 19.8 Å². The first kappa shape index (κ1) is 28.8. The van der Waals surface area contributed by atoms with E-state index in [-0.39, 0.29) is 24.0 Å². The SMILES string of the molecule is CC(CCC(=O)N1CCN(C(=O)c2cnccn2)C[C@@H]1C)[C@H]1CC[C@H]2[C@@H]3CC=C4C[C@@H](O)CC[C@]4(C)[C@H]3CC[C@]12C. The average molecular weight is 563 g/mol. The van der Waals surface area contributed by atoms with Gasteiger partial charge in [0.05, 0.1) is 12.3 Å². The molecule has 0 spiro atoms. The first-order valence-electron chi connectivity index (χ1n) is 16.3. The van der Waals surface area contributed by atoms with Crippen LogP contribution in [0.4, 0.5) is 0 Å². The van der Waals surface area contributed by atoms with Crippen LogP contribution < -0.4 is 0 Å². The molecule has 6 rings (SSSR count). The highest BCUT2D eigenvalue weighted by molar-refractivity contribution is 5.92. The molecule has 0 bridgehead atoms. The standard InChI is InChI=1S/C34H50N4O3/c1-22(5-10-31(40)38-18-17-37(21-23(38)2)32(41)30-20-35-15-16-36-30)27-8-9-28-26-7-6-24-19-25(39)11-13-33(24,3)29(26)12-14-34(27,28)4/h6,15-16,20,22-23,25-29,39H,5,7-14,17-19,21H2,1-4H3/t22?,23-,25-,26-,27+,28-,29-,33-,34+/m0/s1. The van der Waals surface area contributed by atoms with E-state index in [1.807, 2.05) is 4.90 Å². The van der Waals surface area contributed by atoms with Crippen LogP contribution in [0.5, 0.6) is 0 Å². The maximum atomic E-state index is 13.4. The number of hydrogen-bond donors (Lipinski definition) is 1. The number of hydrogen-bond acceptors (Lipinski definition) is 5. The van der Waals surface area contributed by atoms with Crippen LogP contribution in [0.2, 0.25) is 0 Å². The van der Waals surface area contributed by atoms with E-state index in [4.69, 9.17) is 0 Å². The van der Waals surface area contributed by atoms with Gasteiger partial charge in [-0.2, -0.15) is 0 Å². The van der Waals surface area contributed by atoms with Crippen LogP contribution in [0.15, 0.2) is 30.2 Å². The Morgan fingerprint density at radius 2 is 1.93 bits per heavy atom. The van der Waals surface area contributed by atoms with Crippen LogP contribution in [0.25, 0.3) is 0 Å². The minimum atomic E-state index is -0.141. The van der Waals surface area contributed by atoms with E-state index >= 15 is 0 Å². The lowest BCUT2D eigenvalue weighted by molar-refractivity contribution is -0.135. The normalized spacial score (nSPS) is 39.3. The summed E-state index contributed by atoms with van der Waals surface area (Å²) in [5.41, 5.74) is 2.58. The number of aliphatic hydroxyl groups excluding tert-OH is 1. The van der Waals surface area contributed by atoms with E-state index in [9.17, 15) is 14.7 Å². The summed E-state index contributed by atoms with van der Waals surface area (Å²) in [5.74, 6) is 3.68. The monoisotopic (exact) mass is 562 g/mol. The highest BCUT2D eigenvalue weighted by Crippen LogP contribution is 2.67. The molecule has 1 N–H and O–H groups in total. The number of rotatable bonds is 5. The molecule has 0 radical (unpaired) electrons. The lowest BCUT2D eigenvalue weighted by Crippen LogP contribution is -2.55. The number of allylic oxidation sites excluding steroid dienone is 1. The van der Waals surface area contributed by atoms with E-state index in [0.717, 1.165) is 43.4 Å². The molecule has 4 fully saturated rings. The van der Waals surface area contributed by atoms with Gasteiger partial charge in [-0.1, -0.05) is 32.4 Å². The zero-order chi connectivity index (χ0) is 28.9. The van der Waals surface area contributed by atoms with Crippen LogP contribution in [0.3, 0.4) is 0 Å². The molecule has 2 amide bonds. The van der Waals surface area contributed by atoms with Crippen molar-refractivity contribution >= 4 is 11.8 Å². The largest absolute Gasteiger partial charge is 0.393 e. The van der Waals surface area contributed by atoms with E-state index in [1.54, 1.807) is 22.9 Å². The third-order valence-corrected chi connectivity index (χ3v) is 12.7. The molecule has 1 aromatic heterocycles. The van der Waals surface area contributed by atoms with Crippen LogP contribution in [0.1, 0.15) is 102 Å². The molecule has 7 nitrogen and oxygen atoms in total. The van der Waals surface area contributed by atoms with Gasteiger partial charge in [-0.25, -0.2) is 4.98 Å². The van der Waals surface area contributed by atoms with Crippen LogP contribution >= 0.6 is 0 Å². The van der Waals surface area contributed by atoms with Crippen molar-refractivity contribution in [3.63, 3.8) is 0 Å². The predicted molar refractivity (Wildman–Crippen MR) is 159 cm³/mol. The predicted octanol–water partition coefficient (Wildman–Crippen LogP) is 5.51. The van der Waals surface area contributed by atoms with Crippen LogP contribution in [-0.2, 0) is 4.79 Å². The molecule has 1 unspecified atom stereocenters. The molecule has 2 heterocycles. The van der Waals surface area contributed by atoms with Gasteiger partial charge in [-0.05, 0) is 105 Å². The van der Waals surface area contributed by atoms with Gasteiger partial charge < -0.3 is 14.9 Å². The smallest absolute Gasteiger partial charge is 0.274 e. The molecule has 7 heteroatoms. The second kappa shape index (κ2) is 11.1. The Labute approximate surface area is 246 Å². The first-order valence-corrected chi connectivity index (χ1v) is 16.3. The molecule has 1 aromatic rings. The van der Waals surface area contributed by atoms with Crippen molar-refractivity contribution < 1.29 is 14.7 Å². The van der Waals surface area contributed by atoms with E-state index in [2.05, 4.69) is 43.7 Å². The second-order valence-corrected chi connectivity index (χ2v) is 14.7. The summed E-state index contributed by atoms with van der Waals surface area (Å²) in [7, 11) is 0. The molecule has 41 heavy (non-hydrogen) atoms.